The number of imide groups is 1. The molecule has 0 radical (unpaired) electrons. The van der Waals surface area contributed by atoms with Gasteiger partial charge in [0.05, 0.1) is 38.1 Å². The molecule has 3 saturated heterocycles. The van der Waals surface area contributed by atoms with E-state index in [-0.39, 0.29) is 60.9 Å². The highest BCUT2D eigenvalue weighted by Crippen LogP contribution is 2.49. The molecule has 0 aliphatic carbocycles. The number of carbonyl (C=O) groups excluding carboxylic acids is 6. The number of rotatable bonds is 16. The number of aromatic nitrogens is 3. The first-order chi connectivity index (χ1) is 32.7. The number of unbranched alkanes of at least 4 members (excludes halogenated alkanes) is 1. The standard InChI is InChI=1S/C47H64ClN7O12S2/c1-27-13-12-14-36(64-9)47(62)24-35(65-45(61)49-47)29(3)42-46(5,67-42)37(23-39(57)53(7)33-21-31(19-27)22-34(63-8)41(33)48)66-44(60)30(4)52(6)38(56)15-18-69-68-17-11-10-16-54-25-32(50-51-54)26-55-40(58)20-28(2)43(55)59/h12-14,21-22,25,28-30,35-37,42,62H,10-11,15-20,23-24,26H2,1-9H3,(H,49,61)/b14-12+,27-13+/t28?,29-,30+,35+,36-,37+,42-,46+,47+/m1/s1. The number of hydrogen-bond donors (Lipinski definition) is 2. The number of benzene rings is 1. The summed E-state index contributed by atoms with van der Waals surface area (Å²) in [6.07, 6.45) is 4.59. The summed E-state index contributed by atoms with van der Waals surface area (Å²) >= 11 is 6.81. The molecule has 69 heavy (non-hydrogen) atoms. The normalized spacial score (nSPS) is 29.1. The summed E-state index contributed by atoms with van der Waals surface area (Å²) in [4.78, 5) is 83.0. The van der Waals surface area contributed by atoms with Gasteiger partial charge in [-0.25, -0.2) is 9.59 Å². The summed E-state index contributed by atoms with van der Waals surface area (Å²) in [5.74, 6) is -1.02. The number of epoxide rings is 1. The average molecular weight is 1020 g/mol. The van der Waals surface area contributed by atoms with Crippen molar-refractivity contribution in [1.82, 2.24) is 30.1 Å². The van der Waals surface area contributed by atoms with Gasteiger partial charge >= 0.3 is 12.1 Å². The molecule has 4 aliphatic rings. The van der Waals surface area contributed by atoms with Crippen LogP contribution in [0.3, 0.4) is 0 Å². The van der Waals surface area contributed by atoms with Gasteiger partial charge in [0, 0.05) is 70.4 Å². The first kappa shape index (κ1) is 53.7. The summed E-state index contributed by atoms with van der Waals surface area (Å²) in [7, 11) is 9.21. The molecule has 6 rings (SSSR count). The first-order valence-electron chi connectivity index (χ1n) is 23.0. The number of methoxy groups -OCH3 is 2. The molecule has 5 heterocycles. The molecule has 1 aromatic heterocycles. The van der Waals surface area contributed by atoms with Crippen LogP contribution in [0.4, 0.5) is 10.5 Å². The minimum atomic E-state index is -1.85. The number of hydrogen-bond acceptors (Lipinski definition) is 16. The maximum absolute atomic E-state index is 14.3. The second-order valence-corrected chi connectivity index (χ2v) is 21.5. The third kappa shape index (κ3) is 12.8. The predicted octanol–water partition coefficient (Wildman–Crippen LogP) is 5.25. The van der Waals surface area contributed by atoms with Gasteiger partial charge in [-0.15, -0.1) is 5.10 Å². The molecule has 378 valence electrons. The molecule has 2 N–H and O–H groups in total. The Morgan fingerprint density at radius 1 is 1.10 bits per heavy atom. The second-order valence-electron chi connectivity index (χ2n) is 18.4. The van der Waals surface area contributed by atoms with Crippen LogP contribution < -0.4 is 15.0 Å². The second kappa shape index (κ2) is 23.0. The number of halogens is 1. The fraction of sp³-hybridized carbons (Fsp3) is 0.617. The lowest BCUT2D eigenvalue weighted by molar-refractivity contribution is -0.162. The van der Waals surface area contributed by atoms with Gasteiger partial charge in [0.15, 0.2) is 5.72 Å². The summed E-state index contributed by atoms with van der Waals surface area (Å²) in [6.45, 7) is 9.48. The third-order valence-corrected chi connectivity index (χ3v) is 16.1. The molecule has 1 unspecified atom stereocenters. The van der Waals surface area contributed by atoms with E-state index < -0.39 is 65.7 Å². The van der Waals surface area contributed by atoms with Crippen molar-refractivity contribution in [3.05, 3.63) is 58.4 Å². The van der Waals surface area contributed by atoms with E-state index in [1.807, 2.05) is 13.0 Å². The third-order valence-electron chi connectivity index (χ3n) is 13.2. The minimum Gasteiger partial charge on any atom is -0.495 e. The van der Waals surface area contributed by atoms with Crippen LogP contribution in [0.15, 0.2) is 42.1 Å². The molecule has 9 atom stereocenters. The zero-order valence-electron chi connectivity index (χ0n) is 40.6. The van der Waals surface area contributed by atoms with Crippen molar-refractivity contribution in [2.45, 2.75) is 134 Å². The molecule has 19 nitrogen and oxygen atoms in total. The van der Waals surface area contributed by atoms with Crippen molar-refractivity contribution >= 4 is 74.6 Å². The molecule has 5 amide bonds. The molecule has 3 fully saturated rings. The van der Waals surface area contributed by atoms with Gasteiger partial charge in [-0.3, -0.25) is 34.1 Å². The highest BCUT2D eigenvalue weighted by Gasteiger charge is 2.64. The minimum absolute atomic E-state index is 0.0706. The van der Waals surface area contributed by atoms with Crippen LogP contribution in [0.1, 0.15) is 84.4 Å². The number of allylic oxidation sites excluding steroid dienone is 3. The summed E-state index contributed by atoms with van der Waals surface area (Å²) < 4.78 is 31.2. The number of amides is 5. The highest BCUT2D eigenvalue weighted by molar-refractivity contribution is 8.76. The van der Waals surface area contributed by atoms with Crippen LogP contribution in [0.5, 0.6) is 5.75 Å². The Balaban J connectivity index is 1.07. The quantitative estimate of drug-likeness (QED) is 0.0720. The van der Waals surface area contributed by atoms with Crippen molar-refractivity contribution in [1.29, 1.82) is 0 Å². The number of aryl methyl sites for hydroxylation is 1. The molecule has 0 saturated carbocycles. The van der Waals surface area contributed by atoms with E-state index in [4.69, 9.17) is 35.3 Å². The van der Waals surface area contributed by atoms with Crippen LogP contribution in [0.25, 0.3) is 0 Å². The maximum atomic E-state index is 14.3. The van der Waals surface area contributed by atoms with E-state index in [9.17, 15) is 33.9 Å². The molecule has 22 heteroatoms. The Bertz CT molecular complexity index is 2320. The summed E-state index contributed by atoms with van der Waals surface area (Å²) in [5.41, 5.74) is -0.457. The number of likely N-dealkylation sites (N-methyl/N-ethyl adjacent to an activating group) is 1. The lowest BCUT2D eigenvalue weighted by Gasteiger charge is -2.42. The van der Waals surface area contributed by atoms with Gasteiger partial charge in [-0.05, 0) is 57.7 Å². The van der Waals surface area contributed by atoms with E-state index in [1.165, 1.54) is 36.0 Å². The van der Waals surface area contributed by atoms with Crippen LogP contribution in [-0.4, -0.2) is 147 Å². The number of ether oxygens (including phenoxy) is 5. The molecular formula is C47H64ClN7O12S2. The molecule has 4 bridgehead atoms. The molecule has 4 aliphatic heterocycles. The zero-order valence-corrected chi connectivity index (χ0v) is 43.0. The van der Waals surface area contributed by atoms with Crippen molar-refractivity contribution in [3.8, 4) is 5.75 Å². The number of nitrogens with one attached hydrogen (secondary N) is 1. The number of nitrogens with zero attached hydrogens (tertiary/aromatic N) is 6. The summed E-state index contributed by atoms with van der Waals surface area (Å²) in [6, 6.07) is 2.55. The Hall–Kier alpha value is -4.67. The van der Waals surface area contributed by atoms with Crippen molar-refractivity contribution in [2.75, 3.05) is 44.7 Å². The number of esters is 1. The van der Waals surface area contributed by atoms with E-state index in [0.717, 1.165) is 29.7 Å². The van der Waals surface area contributed by atoms with Crippen LogP contribution in [0.2, 0.25) is 5.02 Å². The monoisotopic (exact) mass is 1020 g/mol. The Labute approximate surface area is 415 Å². The smallest absolute Gasteiger partial charge is 0.409 e. The number of likely N-dealkylation sites (tertiary alicyclic amines) is 1. The Morgan fingerprint density at radius 3 is 2.54 bits per heavy atom. The van der Waals surface area contributed by atoms with E-state index in [1.54, 1.807) is 91.5 Å². The van der Waals surface area contributed by atoms with Crippen molar-refractivity contribution < 1.29 is 57.6 Å². The van der Waals surface area contributed by atoms with Gasteiger partial charge in [0.2, 0.25) is 23.6 Å². The number of alkyl carbamates (subject to hydrolysis) is 1. The largest absolute Gasteiger partial charge is 0.495 e. The molecular weight excluding hydrogens is 954 g/mol. The molecule has 2 aromatic rings. The van der Waals surface area contributed by atoms with Gasteiger partial charge in [-0.2, -0.15) is 0 Å². The number of anilines is 1. The van der Waals surface area contributed by atoms with Crippen molar-refractivity contribution in [3.63, 3.8) is 0 Å². The van der Waals surface area contributed by atoms with E-state index in [2.05, 4.69) is 15.6 Å². The van der Waals surface area contributed by atoms with Gasteiger partial charge < -0.3 is 38.6 Å². The predicted molar refractivity (Wildman–Crippen MR) is 259 cm³/mol. The summed E-state index contributed by atoms with van der Waals surface area (Å²) in [5, 5.41) is 22.8. The van der Waals surface area contributed by atoms with Crippen LogP contribution in [0, 0.1) is 11.8 Å². The number of carbonyl (C=O) groups is 6. The molecule has 0 spiro atoms. The van der Waals surface area contributed by atoms with Gasteiger partial charge in [0.25, 0.3) is 0 Å². The first-order valence-corrected chi connectivity index (χ1v) is 25.9. The molecule has 1 aromatic carbocycles. The number of fused-ring (bicyclic) bond motifs is 5. The fourth-order valence-corrected chi connectivity index (χ4v) is 11.2. The fourth-order valence-electron chi connectivity index (χ4n) is 8.77. The van der Waals surface area contributed by atoms with Gasteiger partial charge in [-0.1, -0.05) is 76.1 Å². The SMILES string of the molecule is COc1cc2cc(c1Cl)N(C)C(=O)C[C@H](OC(=O)[C@H](C)N(C)C(=O)CCSSCCCCn1cc(CN3C(=O)CC(C)C3=O)nn1)[C@]1(C)O[C@@H]1[C@H](C)[C@@H]1C[C@@](O)(NC(=O)O1)[C@H](OC)/C=C/C=C(\C)C2. The van der Waals surface area contributed by atoms with Crippen LogP contribution >= 0.6 is 33.2 Å². The van der Waals surface area contributed by atoms with Crippen LogP contribution in [-0.2, 0) is 62.4 Å². The zero-order chi connectivity index (χ0) is 50.4. The lowest BCUT2D eigenvalue weighted by atomic mass is 9.83. The Kier molecular flexibility index (Phi) is 17.9. The number of aliphatic hydroxyl groups is 1. The Morgan fingerprint density at radius 2 is 1.84 bits per heavy atom. The lowest BCUT2D eigenvalue weighted by Crippen LogP contribution is -2.63. The van der Waals surface area contributed by atoms with Crippen molar-refractivity contribution in [2.24, 2.45) is 11.8 Å². The average Bonchev–Trinajstić information content (AvgIpc) is 3.69. The maximum Gasteiger partial charge on any atom is 0.409 e. The van der Waals surface area contributed by atoms with E-state index >= 15 is 0 Å². The van der Waals surface area contributed by atoms with Gasteiger partial charge in [0.1, 0.15) is 46.4 Å². The van der Waals surface area contributed by atoms with E-state index in [0.29, 0.717) is 35.8 Å². The topological polar surface area (TPSA) is 225 Å². The highest BCUT2D eigenvalue weighted by atomic mass is 35.5.